The van der Waals surface area contributed by atoms with E-state index in [-0.39, 0.29) is 11.6 Å². The summed E-state index contributed by atoms with van der Waals surface area (Å²) < 4.78 is 11.4. The Morgan fingerprint density at radius 3 is 2.53 bits per heavy atom. The Hall–Kier alpha value is -0.570. The Bertz CT molecular complexity index is 270. The third kappa shape index (κ3) is 2.35. The van der Waals surface area contributed by atoms with Gasteiger partial charge in [0.05, 0.1) is 11.5 Å². The minimum Gasteiger partial charge on any atom is -0.478 e. The van der Waals surface area contributed by atoms with Crippen molar-refractivity contribution in [2.24, 2.45) is 4.99 Å². The summed E-state index contributed by atoms with van der Waals surface area (Å²) in [5.41, 5.74) is -0.186. The van der Waals surface area contributed by atoms with Crippen molar-refractivity contribution in [1.29, 1.82) is 0 Å². The van der Waals surface area contributed by atoms with Gasteiger partial charge in [-0.1, -0.05) is 13.8 Å². The highest BCUT2D eigenvalue weighted by Gasteiger charge is 2.41. The molecule has 0 saturated heterocycles. The van der Waals surface area contributed by atoms with Crippen LogP contribution in [0.15, 0.2) is 4.99 Å². The molecule has 0 bridgehead atoms. The quantitative estimate of drug-likeness (QED) is 0.731. The van der Waals surface area contributed by atoms with E-state index < -0.39 is 0 Å². The van der Waals surface area contributed by atoms with Crippen LogP contribution in [0.3, 0.4) is 0 Å². The van der Waals surface area contributed by atoms with Crippen LogP contribution in [0.2, 0.25) is 0 Å². The van der Waals surface area contributed by atoms with Gasteiger partial charge >= 0.3 is 0 Å². The van der Waals surface area contributed by atoms with Crippen molar-refractivity contribution in [3.63, 3.8) is 0 Å². The van der Waals surface area contributed by atoms with E-state index in [2.05, 4.69) is 18.8 Å². The maximum absolute atomic E-state index is 5.70. The highest BCUT2D eigenvalue weighted by Crippen LogP contribution is 2.33. The van der Waals surface area contributed by atoms with Crippen molar-refractivity contribution >= 4 is 5.90 Å². The van der Waals surface area contributed by atoms with E-state index in [0.717, 1.165) is 24.7 Å². The number of hydrogen-bond acceptors (Lipinski definition) is 3. The third-order valence-corrected chi connectivity index (χ3v) is 3.77. The zero-order chi connectivity index (χ0) is 12.3. The molecule has 1 saturated carbocycles. The van der Waals surface area contributed by atoms with E-state index in [1.54, 1.807) is 7.11 Å². The Labute approximate surface area is 105 Å². The van der Waals surface area contributed by atoms with Crippen LogP contribution in [0.4, 0.5) is 0 Å². The minimum absolute atomic E-state index is 0.104. The van der Waals surface area contributed by atoms with Crippen molar-refractivity contribution in [3.05, 3.63) is 31.6 Å². The van der Waals surface area contributed by atoms with Crippen molar-refractivity contribution in [3.8, 4) is 0 Å². The number of methoxy groups -OCH3 is 1. The van der Waals surface area contributed by atoms with E-state index in [0.29, 0.717) is 6.61 Å². The fraction of sp³-hybridized carbons (Fsp3) is 0.571. The Kier molecular flexibility index (Phi) is 4.08. The highest BCUT2D eigenvalue weighted by molar-refractivity contribution is 5.96. The molecule has 5 radical (unpaired) electrons. The summed E-state index contributed by atoms with van der Waals surface area (Å²) in [6.45, 7) is 4.90. The summed E-state index contributed by atoms with van der Waals surface area (Å²) >= 11 is 0. The van der Waals surface area contributed by atoms with Gasteiger partial charge in [0.15, 0.2) is 5.90 Å². The second-order valence-corrected chi connectivity index (χ2v) is 4.41. The van der Waals surface area contributed by atoms with E-state index in [1.807, 2.05) is 25.7 Å². The molecular formula is C14H20NO2. The zero-order valence-electron chi connectivity index (χ0n) is 10.8. The van der Waals surface area contributed by atoms with Gasteiger partial charge in [-0.15, -0.1) is 0 Å². The fourth-order valence-electron chi connectivity index (χ4n) is 2.46. The molecule has 1 heterocycles. The van der Waals surface area contributed by atoms with E-state index in [4.69, 9.17) is 9.47 Å². The molecule has 1 aliphatic carbocycles. The lowest BCUT2D eigenvalue weighted by atomic mass is 9.89. The molecule has 0 aromatic carbocycles. The van der Waals surface area contributed by atoms with Crippen LogP contribution >= 0.6 is 0 Å². The highest BCUT2D eigenvalue weighted by atomic mass is 16.5. The Balaban J connectivity index is 2.08. The van der Waals surface area contributed by atoms with E-state index in [1.165, 1.54) is 0 Å². The van der Waals surface area contributed by atoms with Crippen LogP contribution in [-0.4, -0.2) is 31.3 Å². The summed E-state index contributed by atoms with van der Waals surface area (Å²) in [5, 5.41) is 0. The van der Waals surface area contributed by atoms with Gasteiger partial charge in [-0.3, -0.25) is 0 Å². The monoisotopic (exact) mass is 234 g/mol. The lowest BCUT2D eigenvalue weighted by molar-refractivity contribution is -0.0413. The van der Waals surface area contributed by atoms with Crippen LogP contribution in [0.5, 0.6) is 0 Å². The molecule has 2 rings (SSSR count). The summed E-state index contributed by atoms with van der Waals surface area (Å²) in [6.07, 6.45) is 9.94. The predicted molar refractivity (Wildman–Crippen MR) is 67.9 cm³/mol. The van der Waals surface area contributed by atoms with Gasteiger partial charge in [0, 0.05) is 7.11 Å². The summed E-state index contributed by atoms with van der Waals surface area (Å²) in [5.74, 6) is 1.81. The molecule has 3 heteroatoms. The van der Waals surface area contributed by atoms with Gasteiger partial charge in [0.1, 0.15) is 12.6 Å². The number of hydrogen-bond donors (Lipinski definition) is 0. The maximum Gasteiger partial charge on any atom is 0.191 e. The van der Waals surface area contributed by atoms with Gasteiger partial charge in [-0.25, -0.2) is 4.99 Å². The van der Waals surface area contributed by atoms with Crippen LogP contribution in [0, 0.1) is 31.6 Å². The summed E-state index contributed by atoms with van der Waals surface area (Å²) in [7, 11) is 1.77. The fourth-order valence-corrected chi connectivity index (χ4v) is 2.46. The van der Waals surface area contributed by atoms with Crippen molar-refractivity contribution in [1.82, 2.24) is 0 Å². The molecule has 2 aliphatic rings. The molecule has 3 nitrogen and oxygen atoms in total. The average Bonchev–Trinajstić information content (AvgIpc) is 3.03. The number of nitrogens with zero attached hydrogens (tertiary/aromatic N) is 1. The Morgan fingerprint density at radius 2 is 2.00 bits per heavy atom. The van der Waals surface area contributed by atoms with Gasteiger partial charge in [-0.2, -0.15) is 0 Å². The largest absolute Gasteiger partial charge is 0.478 e. The SMILES string of the molecule is CCC(CC)(OC)[C@@H]1COC([C]2[CH][CH][CH][CH]2)=N1. The molecule has 1 fully saturated rings. The smallest absolute Gasteiger partial charge is 0.191 e. The minimum atomic E-state index is -0.186. The molecule has 17 heavy (non-hydrogen) atoms. The molecule has 0 aromatic heterocycles. The molecule has 0 N–H and O–H groups in total. The van der Waals surface area contributed by atoms with Gasteiger partial charge in [0.2, 0.25) is 0 Å². The van der Waals surface area contributed by atoms with Crippen LogP contribution < -0.4 is 0 Å². The third-order valence-electron chi connectivity index (χ3n) is 3.77. The molecule has 0 aromatic rings. The van der Waals surface area contributed by atoms with Crippen LogP contribution in [-0.2, 0) is 9.47 Å². The first-order chi connectivity index (χ1) is 8.25. The van der Waals surface area contributed by atoms with Crippen molar-refractivity contribution < 1.29 is 9.47 Å². The molecule has 0 spiro atoms. The maximum atomic E-state index is 5.70. The molecule has 93 valence electrons. The lowest BCUT2D eigenvalue weighted by Gasteiger charge is -2.33. The van der Waals surface area contributed by atoms with Gasteiger partial charge in [-0.05, 0) is 38.5 Å². The second-order valence-electron chi connectivity index (χ2n) is 4.41. The van der Waals surface area contributed by atoms with Crippen molar-refractivity contribution in [2.45, 2.75) is 38.3 Å². The lowest BCUT2D eigenvalue weighted by Crippen LogP contribution is -2.43. The zero-order valence-corrected chi connectivity index (χ0v) is 10.8. The van der Waals surface area contributed by atoms with Gasteiger partial charge in [0.25, 0.3) is 0 Å². The average molecular weight is 234 g/mol. The number of aliphatic imine (C=N–C) groups is 1. The topological polar surface area (TPSA) is 30.8 Å². The van der Waals surface area contributed by atoms with Crippen LogP contribution in [0.25, 0.3) is 0 Å². The first kappa shape index (κ1) is 12.9. The normalized spacial score (nSPS) is 26.1. The number of ether oxygens (including phenoxy) is 2. The van der Waals surface area contributed by atoms with E-state index in [9.17, 15) is 0 Å². The van der Waals surface area contributed by atoms with Gasteiger partial charge < -0.3 is 9.47 Å². The molecule has 0 amide bonds. The summed E-state index contributed by atoms with van der Waals surface area (Å²) in [4.78, 5) is 4.68. The molecule has 1 atom stereocenters. The first-order valence-corrected chi connectivity index (χ1v) is 6.23. The second kappa shape index (κ2) is 5.38. The summed E-state index contributed by atoms with van der Waals surface area (Å²) in [6, 6.07) is 0.104. The van der Waals surface area contributed by atoms with Crippen LogP contribution in [0.1, 0.15) is 26.7 Å². The molecule has 1 aliphatic heterocycles. The van der Waals surface area contributed by atoms with Crippen molar-refractivity contribution in [2.75, 3.05) is 13.7 Å². The predicted octanol–water partition coefficient (Wildman–Crippen LogP) is 2.39. The first-order valence-electron chi connectivity index (χ1n) is 6.23. The standard InChI is InChI=1S/C14H20NO2/c1-4-14(5-2,16-3)12-10-17-13(15-12)11-8-6-7-9-11/h6-9,12H,4-5,10H2,1-3H3/t12-/m0/s1. The number of rotatable bonds is 5. The van der Waals surface area contributed by atoms with E-state index >= 15 is 0 Å². The molecule has 0 unspecified atom stereocenters. The molecular weight excluding hydrogens is 214 g/mol. The Morgan fingerprint density at radius 1 is 1.35 bits per heavy atom.